The lowest BCUT2D eigenvalue weighted by Gasteiger charge is -2.13. The highest BCUT2D eigenvalue weighted by Crippen LogP contribution is 2.27. The Kier molecular flexibility index (Phi) is 6.14. The average molecular weight is 428 g/mol. The van der Waals surface area contributed by atoms with Gasteiger partial charge in [0.25, 0.3) is 0 Å². The molecule has 0 aliphatic carbocycles. The maximum atomic E-state index is 14.4. The minimum absolute atomic E-state index is 0.0568. The summed E-state index contributed by atoms with van der Waals surface area (Å²) in [4.78, 5) is 28.9. The highest BCUT2D eigenvalue weighted by Gasteiger charge is 2.24. The molecule has 0 saturated carbocycles. The van der Waals surface area contributed by atoms with E-state index in [2.05, 4.69) is 16.3 Å². The molecule has 1 aromatic carbocycles. The van der Waals surface area contributed by atoms with Gasteiger partial charge >= 0.3 is 11.9 Å². The van der Waals surface area contributed by atoms with Crippen LogP contribution in [0, 0.1) is 11.7 Å². The molecule has 0 bridgehead atoms. The van der Waals surface area contributed by atoms with E-state index in [-0.39, 0.29) is 22.9 Å². The minimum Gasteiger partial charge on any atom is -0.463 e. The molecule has 7 nitrogen and oxygen atoms in total. The van der Waals surface area contributed by atoms with E-state index >= 15 is 0 Å². The van der Waals surface area contributed by atoms with Crippen molar-refractivity contribution in [3.63, 3.8) is 0 Å². The van der Waals surface area contributed by atoms with Crippen molar-refractivity contribution in [2.45, 2.75) is 39.8 Å². The third-order valence-electron chi connectivity index (χ3n) is 4.18. The maximum absolute atomic E-state index is 14.4. The van der Waals surface area contributed by atoms with Crippen molar-refractivity contribution in [2.75, 3.05) is 6.61 Å². The van der Waals surface area contributed by atoms with Crippen molar-refractivity contribution in [1.82, 2.24) is 8.94 Å². The lowest BCUT2D eigenvalue weighted by atomic mass is 10.1. The molecule has 0 fully saturated rings. The first-order valence-corrected chi connectivity index (χ1v) is 9.92. The van der Waals surface area contributed by atoms with E-state index in [1.54, 1.807) is 6.92 Å². The van der Waals surface area contributed by atoms with Crippen LogP contribution < -0.4 is 4.80 Å². The number of fused-ring (bicyclic) bond motifs is 1. The topological polar surface area (TPSA) is 82.8 Å². The summed E-state index contributed by atoms with van der Waals surface area (Å²) >= 11 is 7.17. The summed E-state index contributed by atoms with van der Waals surface area (Å²) in [5, 5.41) is -0.131. The van der Waals surface area contributed by atoms with Crippen LogP contribution in [0.5, 0.6) is 0 Å². The quantitative estimate of drug-likeness (QED) is 0.684. The summed E-state index contributed by atoms with van der Waals surface area (Å²) in [6.45, 7) is 6.05. The van der Waals surface area contributed by atoms with Crippen LogP contribution in [0.2, 0.25) is 5.02 Å². The first-order chi connectivity index (χ1) is 13.3. The molecule has 10 heteroatoms. The third-order valence-corrected chi connectivity index (χ3v) is 5.26. The molecule has 1 aliphatic rings. The molecule has 1 aromatic heterocycles. The number of hydrogen-bond acceptors (Lipinski definition) is 7. The third kappa shape index (κ3) is 4.25. The average Bonchev–Trinajstić information content (AvgIpc) is 3.17. The number of ether oxygens (including phenoxy) is 2. The molecule has 0 saturated heterocycles. The van der Waals surface area contributed by atoms with E-state index in [0.717, 1.165) is 24.9 Å². The van der Waals surface area contributed by atoms with Crippen molar-refractivity contribution < 1.29 is 23.5 Å². The zero-order valence-electron chi connectivity index (χ0n) is 15.6. The molecule has 2 unspecified atom stereocenters. The van der Waals surface area contributed by atoms with Crippen LogP contribution in [0.1, 0.15) is 37.0 Å². The Bertz CT molecular complexity index is 988. The van der Waals surface area contributed by atoms with Gasteiger partial charge in [-0.25, -0.2) is 19.0 Å². The SMILES string of the molecule is CCOC(=O)C(C)OC(=O)c1cc(/N=c2\snc3n2CC(C)C3)c(F)cc1Cl. The van der Waals surface area contributed by atoms with Crippen LogP contribution in [0.3, 0.4) is 0 Å². The number of carbonyl (C=O) groups is 2. The Balaban J connectivity index is 1.90. The number of benzene rings is 1. The normalized spacial score (nSPS) is 17.3. The number of hydrogen-bond donors (Lipinski definition) is 0. The molecule has 3 rings (SSSR count). The summed E-state index contributed by atoms with van der Waals surface area (Å²) in [6.07, 6.45) is -0.269. The van der Waals surface area contributed by atoms with E-state index in [1.807, 2.05) is 4.57 Å². The fraction of sp³-hybridized carbons (Fsp3) is 0.444. The molecule has 150 valence electrons. The van der Waals surface area contributed by atoms with Crippen molar-refractivity contribution in [3.05, 3.63) is 39.2 Å². The first kappa shape index (κ1) is 20.5. The maximum Gasteiger partial charge on any atom is 0.347 e. The highest BCUT2D eigenvalue weighted by atomic mass is 35.5. The fourth-order valence-corrected chi connectivity index (χ4v) is 3.82. The number of esters is 2. The van der Waals surface area contributed by atoms with Crippen LogP contribution in [0.25, 0.3) is 0 Å². The largest absolute Gasteiger partial charge is 0.463 e. The van der Waals surface area contributed by atoms with Gasteiger partial charge in [0.2, 0.25) is 4.80 Å². The summed E-state index contributed by atoms with van der Waals surface area (Å²) in [7, 11) is 0. The van der Waals surface area contributed by atoms with Gasteiger partial charge in [-0.1, -0.05) is 18.5 Å². The zero-order valence-corrected chi connectivity index (χ0v) is 17.1. The summed E-state index contributed by atoms with van der Waals surface area (Å²) in [5.74, 6) is -0.861. The van der Waals surface area contributed by atoms with Gasteiger partial charge in [0, 0.05) is 24.5 Å². The molecular weight excluding hydrogens is 409 g/mol. The van der Waals surface area contributed by atoms with Gasteiger partial charge in [0.15, 0.2) is 6.10 Å². The van der Waals surface area contributed by atoms with Crippen LogP contribution >= 0.6 is 23.1 Å². The second-order valence-electron chi connectivity index (χ2n) is 6.50. The van der Waals surface area contributed by atoms with Crippen molar-refractivity contribution in [1.29, 1.82) is 0 Å². The van der Waals surface area contributed by atoms with Crippen molar-refractivity contribution >= 4 is 40.8 Å². The second-order valence-corrected chi connectivity index (χ2v) is 7.63. The Labute approximate surface area is 169 Å². The lowest BCUT2D eigenvalue weighted by molar-refractivity contribution is -0.152. The van der Waals surface area contributed by atoms with E-state index in [4.69, 9.17) is 21.1 Å². The van der Waals surface area contributed by atoms with Crippen LogP contribution in [0.4, 0.5) is 10.1 Å². The fourth-order valence-electron chi connectivity index (χ4n) is 2.82. The second kappa shape index (κ2) is 8.40. The standard InChI is InChI=1S/C18H19ClFN3O4S/c1-4-26-16(24)10(3)27-17(25)11-6-14(13(20)7-12(11)19)21-18-23-8-9(2)5-15(23)22-28-18/h6-7,9-10H,4-5,8H2,1-3H3/b21-18-. The predicted molar refractivity (Wildman–Crippen MR) is 101 cm³/mol. The first-order valence-electron chi connectivity index (χ1n) is 8.77. The van der Waals surface area contributed by atoms with Gasteiger partial charge in [-0.15, -0.1) is 0 Å². The molecule has 2 heterocycles. The Hall–Kier alpha value is -2.26. The van der Waals surface area contributed by atoms with Crippen LogP contribution in [0.15, 0.2) is 17.1 Å². The molecule has 28 heavy (non-hydrogen) atoms. The van der Waals surface area contributed by atoms with Gasteiger partial charge < -0.3 is 14.0 Å². The van der Waals surface area contributed by atoms with E-state index < -0.39 is 23.9 Å². The Morgan fingerprint density at radius 2 is 2.25 bits per heavy atom. The highest BCUT2D eigenvalue weighted by molar-refractivity contribution is 7.02. The predicted octanol–water partition coefficient (Wildman–Crippen LogP) is 3.27. The van der Waals surface area contributed by atoms with Gasteiger partial charge in [-0.2, -0.15) is 4.37 Å². The minimum atomic E-state index is -1.12. The van der Waals surface area contributed by atoms with E-state index in [9.17, 15) is 14.0 Å². The van der Waals surface area contributed by atoms with E-state index in [0.29, 0.717) is 10.7 Å². The molecular formula is C18H19ClFN3O4S. The summed E-state index contributed by atoms with van der Waals surface area (Å²) in [5.41, 5.74) is -0.142. The Morgan fingerprint density at radius 3 is 2.96 bits per heavy atom. The zero-order chi connectivity index (χ0) is 20.4. The number of nitrogens with zero attached hydrogens (tertiary/aromatic N) is 3. The molecule has 1 aliphatic heterocycles. The van der Waals surface area contributed by atoms with Gasteiger partial charge in [-0.05, 0) is 31.9 Å². The summed E-state index contributed by atoms with van der Waals surface area (Å²) in [6, 6.07) is 2.21. The van der Waals surface area contributed by atoms with Gasteiger partial charge in [0.1, 0.15) is 17.3 Å². The molecule has 2 atom stereocenters. The molecule has 0 amide bonds. The van der Waals surface area contributed by atoms with Crippen LogP contribution in [-0.2, 0) is 27.2 Å². The monoisotopic (exact) mass is 427 g/mol. The van der Waals surface area contributed by atoms with Crippen LogP contribution in [-0.4, -0.2) is 33.6 Å². The van der Waals surface area contributed by atoms with Crippen molar-refractivity contribution in [2.24, 2.45) is 10.9 Å². The molecule has 2 aromatic rings. The van der Waals surface area contributed by atoms with E-state index in [1.165, 1.54) is 24.5 Å². The number of carbonyl (C=O) groups excluding carboxylic acids is 2. The number of rotatable bonds is 5. The van der Waals surface area contributed by atoms with Crippen molar-refractivity contribution in [3.8, 4) is 0 Å². The molecule has 0 N–H and O–H groups in total. The summed E-state index contributed by atoms with van der Waals surface area (Å²) < 4.78 is 30.5. The molecule has 0 radical (unpaired) electrons. The molecule has 0 spiro atoms. The smallest absolute Gasteiger partial charge is 0.347 e. The van der Waals surface area contributed by atoms with Gasteiger partial charge in [0.05, 0.1) is 17.2 Å². The van der Waals surface area contributed by atoms with Gasteiger partial charge in [-0.3, -0.25) is 0 Å². The number of halogens is 2. The lowest BCUT2D eigenvalue weighted by Crippen LogP contribution is -2.26. The Morgan fingerprint density at radius 1 is 1.50 bits per heavy atom. The number of aromatic nitrogens is 2.